The summed E-state index contributed by atoms with van der Waals surface area (Å²) in [5.74, 6) is 2.89. The van der Waals surface area contributed by atoms with Gasteiger partial charge >= 0.3 is 0 Å². The maximum Gasteiger partial charge on any atom is 0.138 e. The Labute approximate surface area is 107 Å². The molecule has 18 heavy (non-hydrogen) atoms. The molecule has 1 atom stereocenters. The normalized spacial score (nSPS) is 12.9. The summed E-state index contributed by atoms with van der Waals surface area (Å²) in [7, 11) is 1.92. The number of hydrogen-bond donors (Lipinski definition) is 1. The largest absolute Gasteiger partial charge is 0.466 e. The summed E-state index contributed by atoms with van der Waals surface area (Å²) >= 11 is 0. The van der Waals surface area contributed by atoms with E-state index in [2.05, 4.69) is 28.4 Å². The molecule has 5 heteroatoms. The first-order valence-corrected chi connectivity index (χ1v) is 6.25. The Bertz CT molecular complexity index is 515. The molecule has 1 N–H and O–H groups in total. The summed E-state index contributed by atoms with van der Waals surface area (Å²) < 4.78 is 7.42. The predicted molar refractivity (Wildman–Crippen MR) is 69.3 cm³/mol. The number of rotatable bonds is 5. The van der Waals surface area contributed by atoms with Gasteiger partial charge in [0, 0.05) is 25.1 Å². The zero-order valence-electron chi connectivity index (χ0n) is 11.4. The third-order valence-electron chi connectivity index (χ3n) is 3.10. The summed E-state index contributed by atoms with van der Waals surface area (Å²) in [6.07, 6.45) is 2.40. The molecule has 5 nitrogen and oxygen atoms in total. The molecule has 0 fully saturated rings. The molecule has 0 aliphatic carbocycles. The molecule has 98 valence electrons. The summed E-state index contributed by atoms with van der Waals surface area (Å²) in [5.41, 5.74) is 1.21. The molecular formula is C13H20N4O. The first-order chi connectivity index (χ1) is 8.61. The molecule has 2 aromatic heterocycles. The second-order valence-electron chi connectivity index (χ2n) is 4.48. The Hall–Kier alpha value is -1.62. The van der Waals surface area contributed by atoms with Crippen molar-refractivity contribution in [2.24, 2.45) is 7.05 Å². The fourth-order valence-electron chi connectivity index (χ4n) is 2.22. The van der Waals surface area contributed by atoms with Gasteiger partial charge in [-0.2, -0.15) is 5.10 Å². The number of aromatic nitrogens is 3. The standard InChI is InChI=1S/C13H20N4O/c1-5-14-12(7-13-15-8-16-17(13)4)11-6-9(2)18-10(11)3/h6,8,12,14H,5,7H2,1-4H3. The molecule has 0 saturated heterocycles. The van der Waals surface area contributed by atoms with Crippen LogP contribution in [-0.4, -0.2) is 21.3 Å². The van der Waals surface area contributed by atoms with Gasteiger partial charge < -0.3 is 9.73 Å². The van der Waals surface area contributed by atoms with Crippen molar-refractivity contribution in [3.63, 3.8) is 0 Å². The summed E-state index contributed by atoms with van der Waals surface area (Å²) in [6.45, 7) is 6.99. The van der Waals surface area contributed by atoms with Crippen molar-refractivity contribution < 1.29 is 4.42 Å². The Balaban J connectivity index is 2.23. The van der Waals surface area contributed by atoms with Crippen LogP contribution in [0.2, 0.25) is 0 Å². The van der Waals surface area contributed by atoms with Gasteiger partial charge in [0.1, 0.15) is 23.7 Å². The van der Waals surface area contributed by atoms with Gasteiger partial charge in [-0.05, 0) is 26.5 Å². The van der Waals surface area contributed by atoms with Crippen molar-refractivity contribution in [2.45, 2.75) is 33.2 Å². The molecule has 0 spiro atoms. The van der Waals surface area contributed by atoms with E-state index in [-0.39, 0.29) is 6.04 Å². The predicted octanol–water partition coefficient (Wildman–Crippen LogP) is 1.92. The van der Waals surface area contributed by atoms with E-state index in [1.54, 1.807) is 6.33 Å². The third-order valence-corrected chi connectivity index (χ3v) is 3.10. The van der Waals surface area contributed by atoms with Gasteiger partial charge in [-0.25, -0.2) is 4.98 Å². The van der Waals surface area contributed by atoms with Gasteiger partial charge in [-0.1, -0.05) is 6.92 Å². The van der Waals surface area contributed by atoms with Crippen LogP contribution in [0, 0.1) is 13.8 Å². The van der Waals surface area contributed by atoms with Gasteiger partial charge in [0.25, 0.3) is 0 Å². The van der Waals surface area contributed by atoms with Crippen LogP contribution in [0.3, 0.4) is 0 Å². The molecule has 2 aromatic rings. The van der Waals surface area contributed by atoms with Crippen LogP contribution in [0.15, 0.2) is 16.8 Å². The summed E-state index contributed by atoms with van der Waals surface area (Å²) in [5, 5.41) is 7.58. The lowest BCUT2D eigenvalue weighted by molar-refractivity contribution is 0.478. The van der Waals surface area contributed by atoms with E-state index in [0.717, 1.165) is 30.3 Å². The Morgan fingerprint density at radius 2 is 2.22 bits per heavy atom. The minimum atomic E-state index is 0.218. The van der Waals surface area contributed by atoms with Gasteiger partial charge in [-0.15, -0.1) is 0 Å². The van der Waals surface area contributed by atoms with Gasteiger partial charge in [-0.3, -0.25) is 4.68 Å². The van der Waals surface area contributed by atoms with E-state index in [1.807, 2.05) is 25.6 Å². The Morgan fingerprint density at radius 3 is 2.72 bits per heavy atom. The SMILES string of the molecule is CCNC(Cc1ncnn1C)c1cc(C)oc1C. The average Bonchev–Trinajstić information content (AvgIpc) is 2.85. The second kappa shape index (κ2) is 5.35. The van der Waals surface area contributed by atoms with Crippen molar-refractivity contribution in [2.75, 3.05) is 6.54 Å². The number of nitrogens with one attached hydrogen (secondary N) is 1. The quantitative estimate of drug-likeness (QED) is 0.878. The number of furan rings is 1. The Morgan fingerprint density at radius 1 is 1.44 bits per heavy atom. The van der Waals surface area contributed by atoms with Crippen LogP contribution in [0.1, 0.15) is 35.9 Å². The number of hydrogen-bond acceptors (Lipinski definition) is 4. The Kier molecular flexibility index (Phi) is 3.81. The highest BCUT2D eigenvalue weighted by molar-refractivity contribution is 5.25. The lowest BCUT2D eigenvalue weighted by atomic mass is 10.0. The van der Waals surface area contributed by atoms with E-state index in [4.69, 9.17) is 4.42 Å². The third kappa shape index (κ3) is 2.61. The average molecular weight is 248 g/mol. The van der Waals surface area contributed by atoms with Crippen molar-refractivity contribution in [1.82, 2.24) is 20.1 Å². The minimum Gasteiger partial charge on any atom is -0.466 e. The van der Waals surface area contributed by atoms with Crippen molar-refractivity contribution in [3.8, 4) is 0 Å². The fraction of sp³-hybridized carbons (Fsp3) is 0.538. The number of aryl methyl sites for hydroxylation is 3. The maximum atomic E-state index is 5.61. The van der Waals surface area contributed by atoms with Crippen LogP contribution in [0.25, 0.3) is 0 Å². The lowest BCUT2D eigenvalue weighted by Crippen LogP contribution is -2.24. The summed E-state index contributed by atoms with van der Waals surface area (Å²) in [6, 6.07) is 2.31. The number of likely N-dealkylation sites (N-methyl/N-ethyl adjacent to an activating group) is 1. The van der Waals surface area contributed by atoms with Gasteiger partial charge in [0.15, 0.2) is 0 Å². The minimum absolute atomic E-state index is 0.218. The highest BCUT2D eigenvalue weighted by Gasteiger charge is 2.18. The second-order valence-corrected chi connectivity index (χ2v) is 4.48. The first-order valence-electron chi connectivity index (χ1n) is 6.25. The highest BCUT2D eigenvalue weighted by Crippen LogP contribution is 2.24. The smallest absolute Gasteiger partial charge is 0.138 e. The lowest BCUT2D eigenvalue weighted by Gasteiger charge is -2.16. The molecule has 0 aliphatic rings. The van der Waals surface area contributed by atoms with Crippen LogP contribution >= 0.6 is 0 Å². The molecule has 2 rings (SSSR count). The molecule has 1 unspecified atom stereocenters. The van der Waals surface area contributed by atoms with E-state index in [9.17, 15) is 0 Å². The highest BCUT2D eigenvalue weighted by atomic mass is 16.3. The van der Waals surface area contributed by atoms with Crippen LogP contribution in [-0.2, 0) is 13.5 Å². The van der Waals surface area contributed by atoms with Crippen LogP contribution in [0.5, 0.6) is 0 Å². The van der Waals surface area contributed by atoms with Crippen molar-refractivity contribution >= 4 is 0 Å². The molecule has 0 bridgehead atoms. The molecule has 0 radical (unpaired) electrons. The molecule has 0 amide bonds. The fourth-order valence-corrected chi connectivity index (χ4v) is 2.22. The molecular weight excluding hydrogens is 228 g/mol. The van der Waals surface area contributed by atoms with E-state index >= 15 is 0 Å². The van der Waals surface area contributed by atoms with Crippen LogP contribution in [0.4, 0.5) is 0 Å². The van der Waals surface area contributed by atoms with E-state index in [0.29, 0.717) is 0 Å². The van der Waals surface area contributed by atoms with Crippen LogP contribution < -0.4 is 5.32 Å². The summed E-state index contributed by atoms with van der Waals surface area (Å²) in [4.78, 5) is 4.28. The monoisotopic (exact) mass is 248 g/mol. The molecule has 0 aromatic carbocycles. The van der Waals surface area contributed by atoms with E-state index < -0.39 is 0 Å². The number of nitrogens with zero attached hydrogens (tertiary/aromatic N) is 3. The van der Waals surface area contributed by atoms with Crippen molar-refractivity contribution in [1.29, 1.82) is 0 Å². The zero-order valence-corrected chi connectivity index (χ0v) is 11.4. The molecule has 0 aliphatic heterocycles. The zero-order chi connectivity index (χ0) is 13.1. The molecule has 2 heterocycles. The van der Waals surface area contributed by atoms with E-state index in [1.165, 1.54) is 5.56 Å². The first kappa shape index (κ1) is 12.8. The maximum absolute atomic E-state index is 5.61. The van der Waals surface area contributed by atoms with Gasteiger partial charge in [0.05, 0.1) is 0 Å². The van der Waals surface area contributed by atoms with Crippen molar-refractivity contribution in [3.05, 3.63) is 35.3 Å². The van der Waals surface area contributed by atoms with Gasteiger partial charge in [0.2, 0.25) is 0 Å². The molecule has 0 saturated carbocycles. The topological polar surface area (TPSA) is 55.9 Å².